The predicted octanol–water partition coefficient (Wildman–Crippen LogP) is 2.29. The van der Waals surface area contributed by atoms with E-state index in [1.54, 1.807) is 0 Å². The zero-order chi connectivity index (χ0) is 5.70. The molecule has 0 aliphatic rings. The molecule has 0 spiro atoms. The van der Waals surface area contributed by atoms with Gasteiger partial charge in [0, 0.05) is 0 Å². The third-order valence-electron chi connectivity index (χ3n) is 0.696. The van der Waals surface area contributed by atoms with Crippen LogP contribution in [0.1, 0.15) is 13.8 Å². The number of hydrogen-bond donors (Lipinski definition) is 0. The first-order valence-electron chi connectivity index (χ1n) is 2.30. The Labute approximate surface area is 44.9 Å². The van der Waals surface area contributed by atoms with Gasteiger partial charge in [-0.15, -0.1) is 5.73 Å². The molecule has 0 atom stereocenters. The molecule has 0 fully saturated rings. The fourth-order valence-corrected chi connectivity index (χ4v) is 0.309. The zero-order valence-electron chi connectivity index (χ0n) is 4.86. The highest BCUT2D eigenvalue weighted by Crippen LogP contribution is 1.87. The van der Waals surface area contributed by atoms with Gasteiger partial charge in [-0.05, 0) is 19.4 Å². The third kappa shape index (κ3) is 3.08. The van der Waals surface area contributed by atoms with Gasteiger partial charge in [0.05, 0.1) is 0 Å². The lowest BCUT2D eigenvalue weighted by Crippen LogP contribution is -1.56. The van der Waals surface area contributed by atoms with Crippen LogP contribution in [0.25, 0.3) is 0 Å². The summed E-state index contributed by atoms with van der Waals surface area (Å²) in [5.74, 6) is 0. The van der Waals surface area contributed by atoms with E-state index in [1.807, 2.05) is 26.0 Å². The monoisotopic (exact) mass is 94.1 g/mol. The third-order valence-corrected chi connectivity index (χ3v) is 0.696. The summed E-state index contributed by atoms with van der Waals surface area (Å²) in [6.45, 7) is 7.40. The van der Waals surface area contributed by atoms with E-state index in [-0.39, 0.29) is 0 Å². The molecule has 0 aromatic rings. The molecule has 0 aromatic heterocycles. The first-order chi connectivity index (χ1) is 3.31. The summed E-state index contributed by atoms with van der Waals surface area (Å²) in [5.41, 5.74) is 3.83. The van der Waals surface area contributed by atoms with Gasteiger partial charge in [0.1, 0.15) is 0 Å². The Kier molecular flexibility index (Phi) is 3.09. The minimum atomic E-state index is 1.09. The fraction of sp³-hybridized carbons (Fsp3) is 0.286. The van der Waals surface area contributed by atoms with Crippen LogP contribution in [0.3, 0.4) is 0 Å². The Bertz CT molecular complexity index is 112. The Morgan fingerprint density at radius 3 is 2.43 bits per heavy atom. The van der Waals surface area contributed by atoms with E-state index >= 15 is 0 Å². The van der Waals surface area contributed by atoms with Gasteiger partial charge in [-0.1, -0.05) is 18.7 Å². The molecule has 0 rings (SSSR count). The van der Waals surface area contributed by atoms with Crippen LogP contribution in [-0.4, -0.2) is 0 Å². The zero-order valence-corrected chi connectivity index (χ0v) is 4.86. The highest BCUT2D eigenvalue weighted by molar-refractivity contribution is 5.12. The molecule has 0 amide bonds. The first kappa shape index (κ1) is 6.26. The van der Waals surface area contributed by atoms with Crippen LogP contribution in [-0.2, 0) is 0 Å². The molecule has 0 aromatic carbocycles. The highest BCUT2D eigenvalue weighted by atomic mass is 13.7. The van der Waals surface area contributed by atoms with Gasteiger partial charge in [-0.3, -0.25) is 0 Å². The molecule has 0 aliphatic carbocycles. The van der Waals surface area contributed by atoms with Crippen molar-refractivity contribution in [1.29, 1.82) is 0 Å². The van der Waals surface area contributed by atoms with Crippen LogP contribution in [0.15, 0.2) is 30.0 Å². The lowest BCUT2D eigenvalue weighted by Gasteiger charge is -1.76. The van der Waals surface area contributed by atoms with Crippen LogP contribution in [0.4, 0.5) is 0 Å². The van der Waals surface area contributed by atoms with Crippen molar-refractivity contribution in [2.24, 2.45) is 0 Å². The van der Waals surface area contributed by atoms with E-state index in [0.29, 0.717) is 0 Å². The van der Waals surface area contributed by atoms with Crippen LogP contribution < -0.4 is 0 Å². The van der Waals surface area contributed by atoms with Gasteiger partial charge in [-0.2, -0.15) is 0 Å². The lowest BCUT2D eigenvalue weighted by molar-refractivity contribution is 1.53. The van der Waals surface area contributed by atoms with E-state index in [9.17, 15) is 0 Å². The summed E-state index contributed by atoms with van der Waals surface area (Å²) in [6, 6.07) is 0. The topological polar surface area (TPSA) is 0 Å². The van der Waals surface area contributed by atoms with Crippen LogP contribution in [0, 0.1) is 0 Å². The van der Waals surface area contributed by atoms with Crippen molar-refractivity contribution in [2.45, 2.75) is 13.8 Å². The molecular weight excluding hydrogens is 84.1 g/mol. The van der Waals surface area contributed by atoms with Gasteiger partial charge in [0.25, 0.3) is 0 Å². The van der Waals surface area contributed by atoms with Gasteiger partial charge < -0.3 is 0 Å². The largest absolute Gasteiger partial charge is 0.126 e. The molecule has 0 heterocycles. The smallest absolute Gasteiger partial charge is 0.0101 e. The molecule has 0 unspecified atom stereocenters. The summed E-state index contributed by atoms with van der Waals surface area (Å²) in [4.78, 5) is 0. The molecule has 0 radical (unpaired) electrons. The molecule has 0 saturated carbocycles. The minimum absolute atomic E-state index is 1.09. The summed E-state index contributed by atoms with van der Waals surface area (Å²) in [6.07, 6.45) is 3.93. The fourth-order valence-electron chi connectivity index (χ4n) is 0.309. The highest BCUT2D eigenvalue weighted by Gasteiger charge is 1.68. The molecule has 0 aliphatic heterocycles. The second-order valence-electron chi connectivity index (χ2n) is 1.36. The minimum Gasteiger partial charge on any atom is -0.126 e. The number of allylic oxidation sites excluding steroid dienone is 3. The molecule has 7 heavy (non-hydrogen) atoms. The van der Waals surface area contributed by atoms with E-state index in [2.05, 4.69) is 12.3 Å². The maximum Gasteiger partial charge on any atom is -0.0101 e. The van der Waals surface area contributed by atoms with Crippen molar-refractivity contribution in [2.75, 3.05) is 0 Å². The Balaban J connectivity index is 3.83. The number of rotatable bonds is 1. The molecular formula is C7H10. The van der Waals surface area contributed by atoms with Gasteiger partial charge in [0.2, 0.25) is 0 Å². The van der Waals surface area contributed by atoms with Crippen LogP contribution in [0.5, 0.6) is 0 Å². The first-order valence-corrected chi connectivity index (χ1v) is 2.30. The SMILES string of the molecule is C=C=C(C)/C=C/C. The Morgan fingerprint density at radius 1 is 1.71 bits per heavy atom. The predicted molar refractivity (Wildman–Crippen MR) is 33.1 cm³/mol. The van der Waals surface area contributed by atoms with Crippen LogP contribution >= 0.6 is 0 Å². The van der Waals surface area contributed by atoms with Gasteiger partial charge in [-0.25, -0.2) is 0 Å². The van der Waals surface area contributed by atoms with Crippen molar-refractivity contribution >= 4 is 0 Å². The van der Waals surface area contributed by atoms with E-state index in [0.717, 1.165) is 5.57 Å². The van der Waals surface area contributed by atoms with Gasteiger partial charge >= 0.3 is 0 Å². The molecule has 0 heteroatoms. The normalized spacial score (nSPS) is 8.86. The average Bonchev–Trinajstić information content (AvgIpc) is 1.68. The Morgan fingerprint density at radius 2 is 2.29 bits per heavy atom. The average molecular weight is 94.2 g/mol. The lowest BCUT2D eigenvalue weighted by atomic mass is 10.3. The van der Waals surface area contributed by atoms with E-state index in [4.69, 9.17) is 0 Å². The summed E-state index contributed by atoms with van der Waals surface area (Å²) in [5, 5.41) is 0. The molecule has 0 nitrogen and oxygen atoms in total. The van der Waals surface area contributed by atoms with Crippen LogP contribution in [0.2, 0.25) is 0 Å². The maximum atomic E-state index is 3.47. The van der Waals surface area contributed by atoms with Crippen molar-refractivity contribution in [3.05, 3.63) is 30.0 Å². The maximum absolute atomic E-state index is 3.47. The standard InChI is InChI=1S/C7H10/c1-4-6-7(3)5-2/h4,6H,2H2,1,3H3/b6-4+. The summed E-state index contributed by atoms with van der Waals surface area (Å²) in [7, 11) is 0. The van der Waals surface area contributed by atoms with Crippen molar-refractivity contribution in [3.63, 3.8) is 0 Å². The van der Waals surface area contributed by atoms with Crippen molar-refractivity contribution < 1.29 is 0 Å². The Hall–Kier alpha value is -0.740. The molecule has 0 saturated heterocycles. The quantitative estimate of drug-likeness (QED) is 0.345. The molecule has 0 N–H and O–H groups in total. The summed E-state index contributed by atoms with van der Waals surface area (Å²) >= 11 is 0. The number of hydrogen-bond acceptors (Lipinski definition) is 0. The summed E-state index contributed by atoms with van der Waals surface area (Å²) < 4.78 is 0. The van der Waals surface area contributed by atoms with Crippen molar-refractivity contribution in [3.8, 4) is 0 Å². The second kappa shape index (κ2) is 3.45. The second-order valence-corrected chi connectivity index (χ2v) is 1.36. The van der Waals surface area contributed by atoms with E-state index in [1.165, 1.54) is 0 Å². The molecule has 38 valence electrons. The molecule has 0 bridgehead atoms. The van der Waals surface area contributed by atoms with Gasteiger partial charge in [0.15, 0.2) is 0 Å². The van der Waals surface area contributed by atoms with E-state index < -0.39 is 0 Å². The van der Waals surface area contributed by atoms with Crippen molar-refractivity contribution in [1.82, 2.24) is 0 Å².